The van der Waals surface area contributed by atoms with Gasteiger partial charge >= 0.3 is 0 Å². The zero-order valence-electron chi connectivity index (χ0n) is 16.3. The second-order valence-corrected chi connectivity index (χ2v) is 8.73. The van der Waals surface area contributed by atoms with Gasteiger partial charge < -0.3 is 0 Å². The summed E-state index contributed by atoms with van der Waals surface area (Å²) >= 11 is 1.65. The van der Waals surface area contributed by atoms with Crippen molar-refractivity contribution in [2.45, 2.75) is 52.4 Å². The minimum atomic E-state index is -0.204. The summed E-state index contributed by atoms with van der Waals surface area (Å²) in [5.74, 6) is 0.999. The van der Waals surface area contributed by atoms with E-state index in [1.54, 1.807) is 11.3 Å². The van der Waals surface area contributed by atoms with E-state index in [1.165, 1.54) is 9.55 Å². The van der Waals surface area contributed by atoms with Gasteiger partial charge in [0.1, 0.15) is 10.7 Å². The number of thiophene rings is 1. The molecule has 0 bridgehead atoms. The van der Waals surface area contributed by atoms with Crippen molar-refractivity contribution in [3.63, 3.8) is 0 Å². The molecule has 5 nitrogen and oxygen atoms in total. The fourth-order valence-electron chi connectivity index (χ4n) is 3.89. The first-order valence-corrected chi connectivity index (χ1v) is 10.8. The fraction of sp³-hybridized carbons (Fsp3) is 0.409. The summed E-state index contributed by atoms with van der Waals surface area (Å²) in [7, 11) is 0. The van der Waals surface area contributed by atoms with Gasteiger partial charge in [-0.15, -0.1) is 11.3 Å². The highest BCUT2D eigenvalue weighted by Gasteiger charge is 2.25. The van der Waals surface area contributed by atoms with E-state index in [4.69, 9.17) is 4.98 Å². The molecule has 2 heterocycles. The van der Waals surface area contributed by atoms with Crippen LogP contribution in [0.4, 0.5) is 0 Å². The molecular weight excluding hydrogens is 370 g/mol. The molecule has 28 heavy (non-hydrogen) atoms. The first-order chi connectivity index (χ1) is 13.6. The molecule has 0 radical (unpaired) electrons. The Bertz CT molecular complexity index is 1070. The standard InChI is InChI=1S/C22H25N3O2S/c1-3-7-18-23-21-20(16-12-14(2)10-11-17(16)28-21)22(27)25(18)24-19(26)13-15-8-5-4-6-9-15/h4-6,8-9,14H,3,7,10-13H2,1-2H3,(H,24,26). The lowest BCUT2D eigenvalue weighted by Gasteiger charge is -2.18. The third kappa shape index (κ3) is 3.61. The Balaban J connectivity index is 1.74. The number of rotatable bonds is 5. The number of benzene rings is 1. The summed E-state index contributed by atoms with van der Waals surface area (Å²) in [5.41, 5.74) is 4.74. The molecule has 0 saturated carbocycles. The number of amides is 1. The first-order valence-electron chi connectivity index (χ1n) is 9.96. The highest BCUT2D eigenvalue weighted by atomic mass is 32.1. The van der Waals surface area contributed by atoms with Gasteiger partial charge in [-0.3, -0.25) is 15.0 Å². The third-order valence-electron chi connectivity index (χ3n) is 5.31. The first kappa shape index (κ1) is 18.9. The molecule has 2 aromatic heterocycles. The van der Waals surface area contributed by atoms with Gasteiger partial charge in [0, 0.05) is 11.3 Å². The molecule has 0 spiro atoms. The number of carbonyl (C=O) groups is 1. The molecule has 1 unspecified atom stereocenters. The largest absolute Gasteiger partial charge is 0.281 e. The Labute approximate surface area is 168 Å². The van der Waals surface area contributed by atoms with Gasteiger partial charge in [-0.1, -0.05) is 44.2 Å². The number of hydrogen-bond acceptors (Lipinski definition) is 4. The monoisotopic (exact) mass is 395 g/mol. The molecule has 3 aromatic rings. The van der Waals surface area contributed by atoms with Crippen LogP contribution in [-0.2, 0) is 30.5 Å². The lowest BCUT2D eigenvalue weighted by molar-refractivity contribution is -0.116. The van der Waals surface area contributed by atoms with E-state index in [1.807, 2.05) is 37.3 Å². The molecule has 0 saturated heterocycles. The average Bonchev–Trinajstić information content (AvgIpc) is 3.03. The summed E-state index contributed by atoms with van der Waals surface area (Å²) in [6.45, 7) is 4.28. The third-order valence-corrected chi connectivity index (χ3v) is 6.50. The van der Waals surface area contributed by atoms with Gasteiger partial charge in [-0.25, -0.2) is 9.66 Å². The fourth-order valence-corrected chi connectivity index (χ4v) is 5.12. The predicted molar refractivity (Wildman–Crippen MR) is 114 cm³/mol. The Morgan fingerprint density at radius 1 is 1.32 bits per heavy atom. The molecule has 146 valence electrons. The maximum absolute atomic E-state index is 13.4. The normalized spacial score (nSPS) is 16.1. The molecule has 1 aliphatic rings. The zero-order chi connectivity index (χ0) is 19.7. The van der Waals surface area contributed by atoms with Crippen molar-refractivity contribution >= 4 is 27.5 Å². The van der Waals surface area contributed by atoms with E-state index in [2.05, 4.69) is 12.3 Å². The summed E-state index contributed by atoms with van der Waals surface area (Å²) in [6.07, 6.45) is 4.82. The Hall–Kier alpha value is -2.47. The van der Waals surface area contributed by atoms with E-state index in [0.717, 1.165) is 41.6 Å². The Kier molecular flexibility index (Phi) is 5.31. The van der Waals surface area contributed by atoms with Crippen LogP contribution in [0.25, 0.3) is 10.2 Å². The second-order valence-electron chi connectivity index (χ2n) is 7.65. The summed E-state index contributed by atoms with van der Waals surface area (Å²) in [4.78, 5) is 32.9. The van der Waals surface area contributed by atoms with Crippen molar-refractivity contribution in [2.75, 3.05) is 5.43 Å². The van der Waals surface area contributed by atoms with Crippen LogP contribution in [0.5, 0.6) is 0 Å². The Morgan fingerprint density at radius 2 is 2.11 bits per heavy atom. The minimum Gasteiger partial charge on any atom is -0.273 e. The van der Waals surface area contributed by atoms with Crippen molar-refractivity contribution in [2.24, 2.45) is 5.92 Å². The number of nitrogens with one attached hydrogen (secondary N) is 1. The quantitative estimate of drug-likeness (QED) is 0.714. The van der Waals surface area contributed by atoms with Gasteiger partial charge in [-0.2, -0.15) is 0 Å². The van der Waals surface area contributed by atoms with Crippen molar-refractivity contribution in [1.29, 1.82) is 0 Å². The van der Waals surface area contributed by atoms with Crippen LogP contribution in [0.15, 0.2) is 35.1 Å². The molecule has 4 rings (SSSR count). The van der Waals surface area contributed by atoms with Crippen molar-refractivity contribution in [3.05, 3.63) is 62.5 Å². The molecule has 0 aliphatic heterocycles. The maximum Gasteiger partial charge on any atom is 0.281 e. The molecular formula is C22H25N3O2S. The number of fused-ring (bicyclic) bond motifs is 3. The number of nitrogens with zero attached hydrogens (tertiary/aromatic N) is 2. The highest BCUT2D eigenvalue weighted by molar-refractivity contribution is 7.18. The van der Waals surface area contributed by atoms with Crippen molar-refractivity contribution in [3.8, 4) is 0 Å². The summed E-state index contributed by atoms with van der Waals surface area (Å²) in [6, 6.07) is 9.55. The molecule has 1 amide bonds. The number of aromatic nitrogens is 2. The maximum atomic E-state index is 13.4. The van der Waals surface area contributed by atoms with Crippen LogP contribution in [0.1, 0.15) is 48.5 Å². The van der Waals surface area contributed by atoms with Crippen LogP contribution in [-0.4, -0.2) is 15.6 Å². The topological polar surface area (TPSA) is 64.0 Å². The number of hydrogen-bond donors (Lipinski definition) is 1. The second kappa shape index (κ2) is 7.87. The molecule has 1 N–H and O–H groups in total. The van der Waals surface area contributed by atoms with Gasteiger partial charge in [0.05, 0.1) is 11.8 Å². The van der Waals surface area contributed by atoms with Crippen LogP contribution in [0.2, 0.25) is 0 Å². The SMILES string of the molecule is CCCc1nc2sc3c(c2c(=O)n1NC(=O)Cc1ccccc1)CC(C)CC3. The van der Waals surface area contributed by atoms with E-state index >= 15 is 0 Å². The molecule has 6 heteroatoms. The lowest BCUT2D eigenvalue weighted by atomic mass is 9.89. The lowest BCUT2D eigenvalue weighted by Crippen LogP contribution is -2.37. The molecule has 1 aliphatic carbocycles. The summed E-state index contributed by atoms with van der Waals surface area (Å²) in [5, 5.41) is 0.700. The van der Waals surface area contributed by atoms with Crippen LogP contribution in [0.3, 0.4) is 0 Å². The average molecular weight is 396 g/mol. The van der Waals surface area contributed by atoms with E-state index in [0.29, 0.717) is 23.5 Å². The van der Waals surface area contributed by atoms with Crippen molar-refractivity contribution in [1.82, 2.24) is 9.66 Å². The zero-order valence-corrected chi connectivity index (χ0v) is 17.1. The van der Waals surface area contributed by atoms with Gasteiger partial charge in [0.15, 0.2) is 0 Å². The van der Waals surface area contributed by atoms with Crippen LogP contribution >= 0.6 is 11.3 Å². The minimum absolute atomic E-state index is 0.138. The van der Waals surface area contributed by atoms with Crippen molar-refractivity contribution < 1.29 is 4.79 Å². The van der Waals surface area contributed by atoms with E-state index in [9.17, 15) is 9.59 Å². The van der Waals surface area contributed by atoms with E-state index < -0.39 is 0 Å². The molecule has 1 aromatic carbocycles. The predicted octanol–water partition coefficient (Wildman–Crippen LogP) is 3.85. The molecule has 0 fully saturated rings. The van der Waals surface area contributed by atoms with Crippen LogP contribution in [0, 0.1) is 5.92 Å². The highest BCUT2D eigenvalue weighted by Crippen LogP contribution is 2.35. The number of aryl methyl sites for hydroxylation is 2. The molecule has 1 atom stereocenters. The van der Waals surface area contributed by atoms with Gasteiger partial charge in [0.2, 0.25) is 5.91 Å². The van der Waals surface area contributed by atoms with Crippen LogP contribution < -0.4 is 11.0 Å². The van der Waals surface area contributed by atoms with E-state index in [-0.39, 0.29) is 17.9 Å². The van der Waals surface area contributed by atoms with Gasteiger partial charge in [-0.05, 0) is 42.7 Å². The number of carbonyl (C=O) groups excluding carboxylic acids is 1. The Morgan fingerprint density at radius 3 is 2.86 bits per heavy atom. The van der Waals surface area contributed by atoms with Gasteiger partial charge in [0.25, 0.3) is 5.56 Å². The summed E-state index contributed by atoms with van der Waals surface area (Å²) < 4.78 is 1.39. The smallest absolute Gasteiger partial charge is 0.273 e.